The summed E-state index contributed by atoms with van der Waals surface area (Å²) in [5, 5.41) is 9.24. The number of ether oxygens (including phenoxy) is 1. The third-order valence-electron chi connectivity index (χ3n) is 12.9. The molecule has 5 aliphatic rings. The van der Waals surface area contributed by atoms with Gasteiger partial charge in [-0.1, -0.05) is 34.6 Å². The monoisotopic (exact) mass is 458 g/mol. The average molecular weight is 459 g/mol. The fourth-order valence-corrected chi connectivity index (χ4v) is 11.3. The van der Waals surface area contributed by atoms with Gasteiger partial charge in [0.1, 0.15) is 6.10 Å². The Kier molecular flexibility index (Phi) is 5.19. The van der Waals surface area contributed by atoms with Gasteiger partial charge < -0.3 is 9.84 Å². The second-order valence-corrected chi connectivity index (χ2v) is 14.0. The fraction of sp³-hybridized carbons (Fsp3) is 0.931. The van der Waals surface area contributed by atoms with Gasteiger partial charge in [0, 0.05) is 18.8 Å². The van der Waals surface area contributed by atoms with Crippen LogP contribution in [0, 0.1) is 50.7 Å². The lowest BCUT2D eigenvalue weighted by atomic mass is 9.41. The number of aliphatic carboxylic acids is 1. The Bertz CT molecular complexity index is 849. The zero-order valence-corrected chi connectivity index (χ0v) is 21.8. The molecule has 0 bridgehead atoms. The first-order valence-corrected chi connectivity index (χ1v) is 13.7. The van der Waals surface area contributed by atoms with Crippen molar-refractivity contribution >= 4 is 11.9 Å². The molecule has 33 heavy (non-hydrogen) atoms. The van der Waals surface area contributed by atoms with E-state index in [4.69, 9.17) is 4.74 Å². The fourth-order valence-electron chi connectivity index (χ4n) is 11.3. The van der Waals surface area contributed by atoms with Crippen molar-refractivity contribution in [3.8, 4) is 0 Å². The van der Waals surface area contributed by atoms with Crippen LogP contribution in [0.15, 0.2) is 0 Å². The standard InChI is InChI=1S/C29H46O4/c1-18(7-10-24(31)32)20-11-13-27(6)22-9-8-21-25(3,4)23(33-19(2)30)12-14-28(21)17-29(22,28)16-15-26(20,27)5/h18,20-23H,7-17H2,1-6H3,(H,31,32)/t18-,20-,21+,22+,23+,26-,27+,28-,29?/m1/s1. The normalized spacial score (nSPS) is 50.2. The molecule has 5 saturated carbocycles. The van der Waals surface area contributed by atoms with Crippen molar-refractivity contribution in [2.24, 2.45) is 50.7 Å². The summed E-state index contributed by atoms with van der Waals surface area (Å²) in [6.45, 7) is 13.9. The minimum atomic E-state index is -0.652. The highest BCUT2D eigenvalue weighted by molar-refractivity contribution is 5.66. The number of carbonyl (C=O) groups excluding carboxylic acids is 1. The Hall–Kier alpha value is -1.06. The number of hydrogen-bond donors (Lipinski definition) is 1. The molecular formula is C29H46O4. The Labute approximate surface area is 200 Å². The van der Waals surface area contributed by atoms with Gasteiger partial charge in [0.2, 0.25) is 0 Å². The van der Waals surface area contributed by atoms with Crippen molar-refractivity contribution in [3.05, 3.63) is 0 Å². The smallest absolute Gasteiger partial charge is 0.303 e. The summed E-state index contributed by atoms with van der Waals surface area (Å²) in [6, 6.07) is 0. The summed E-state index contributed by atoms with van der Waals surface area (Å²) in [4.78, 5) is 23.0. The SMILES string of the molecule is CC(=O)O[C@H]1CC[C@]23CC24CC[C@]2(C)[C@@H]([C@H](C)CCC(=O)O)CC[C@@]2(C)[C@@H]4CC[C@H]3C1(C)C. The Morgan fingerprint density at radius 1 is 0.909 bits per heavy atom. The van der Waals surface area contributed by atoms with Gasteiger partial charge in [-0.05, 0) is 110 Å². The summed E-state index contributed by atoms with van der Waals surface area (Å²) >= 11 is 0. The highest BCUT2D eigenvalue weighted by Crippen LogP contribution is 2.89. The van der Waals surface area contributed by atoms with Crippen molar-refractivity contribution in [3.63, 3.8) is 0 Å². The number of rotatable bonds is 5. The molecule has 5 aliphatic carbocycles. The first-order chi connectivity index (χ1) is 15.3. The van der Waals surface area contributed by atoms with E-state index < -0.39 is 5.97 Å². The van der Waals surface area contributed by atoms with Gasteiger partial charge in [-0.25, -0.2) is 0 Å². The highest BCUT2D eigenvalue weighted by atomic mass is 16.5. The molecule has 0 saturated heterocycles. The van der Waals surface area contributed by atoms with Crippen LogP contribution in [0.4, 0.5) is 0 Å². The quantitative estimate of drug-likeness (QED) is 0.457. The summed E-state index contributed by atoms with van der Waals surface area (Å²) in [5.74, 6) is 1.84. The van der Waals surface area contributed by atoms with Crippen molar-refractivity contribution < 1.29 is 19.4 Å². The first kappa shape index (κ1) is 23.7. The van der Waals surface area contributed by atoms with E-state index >= 15 is 0 Å². The van der Waals surface area contributed by atoms with Gasteiger partial charge >= 0.3 is 11.9 Å². The van der Waals surface area contributed by atoms with Crippen LogP contribution in [0.25, 0.3) is 0 Å². The van der Waals surface area contributed by atoms with Gasteiger partial charge in [0.15, 0.2) is 0 Å². The summed E-state index contributed by atoms with van der Waals surface area (Å²) in [7, 11) is 0. The highest BCUT2D eigenvalue weighted by Gasteiger charge is 2.82. The lowest BCUT2D eigenvalue weighted by molar-refractivity contribution is -0.181. The van der Waals surface area contributed by atoms with Crippen molar-refractivity contribution in [2.75, 3.05) is 0 Å². The van der Waals surface area contributed by atoms with E-state index in [0.717, 1.165) is 18.8 Å². The first-order valence-electron chi connectivity index (χ1n) is 13.7. The summed E-state index contributed by atoms with van der Waals surface area (Å²) < 4.78 is 5.86. The Morgan fingerprint density at radius 3 is 2.24 bits per heavy atom. The third kappa shape index (κ3) is 2.94. The molecule has 5 fully saturated rings. The topological polar surface area (TPSA) is 63.6 Å². The Morgan fingerprint density at radius 2 is 1.58 bits per heavy atom. The minimum absolute atomic E-state index is 0.0591. The van der Waals surface area contributed by atoms with Crippen LogP contribution in [0.5, 0.6) is 0 Å². The average Bonchev–Trinajstić information content (AvgIpc) is 3.31. The van der Waals surface area contributed by atoms with Crippen LogP contribution in [0.1, 0.15) is 112 Å². The van der Waals surface area contributed by atoms with E-state index in [1.807, 2.05) is 0 Å². The molecule has 0 aromatic rings. The maximum Gasteiger partial charge on any atom is 0.303 e. The largest absolute Gasteiger partial charge is 0.481 e. The molecule has 0 radical (unpaired) electrons. The maximum atomic E-state index is 11.8. The van der Waals surface area contributed by atoms with Crippen molar-refractivity contribution in [2.45, 2.75) is 118 Å². The number of hydrogen-bond acceptors (Lipinski definition) is 3. The second-order valence-electron chi connectivity index (χ2n) is 14.0. The molecule has 1 unspecified atom stereocenters. The maximum absolute atomic E-state index is 11.8. The molecule has 2 spiro atoms. The van der Waals surface area contributed by atoms with E-state index in [1.54, 1.807) is 6.92 Å². The molecule has 0 heterocycles. The van der Waals surface area contributed by atoms with E-state index in [0.29, 0.717) is 45.8 Å². The lowest BCUT2D eigenvalue weighted by Gasteiger charge is -2.63. The van der Waals surface area contributed by atoms with Gasteiger partial charge in [0.25, 0.3) is 0 Å². The predicted molar refractivity (Wildman–Crippen MR) is 128 cm³/mol. The molecule has 186 valence electrons. The van der Waals surface area contributed by atoms with Crippen LogP contribution < -0.4 is 0 Å². The summed E-state index contributed by atoms with van der Waals surface area (Å²) in [6.07, 6.45) is 12.7. The number of carboxylic acids is 1. The summed E-state index contributed by atoms with van der Waals surface area (Å²) in [5.41, 5.74) is 1.74. The molecule has 9 atom stereocenters. The van der Waals surface area contributed by atoms with Gasteiger partial charge in [-0.2, -0.15) is 0 Å². The van der Waals surface area contributed by atoms with E-state index in [1.165, 1.54) is 51.4 Å². The second kappa shape index (κ2) is 7.23. The predicted octanol–water partition coefficient (Wildman–Crippen LogP) is 6.86. The lowest BCUT2D eigenvalue weighted by Crippen LogP contribution is -2.58. The third-order valence-corrected chi connectivity index (χ3v) is 12.9. The number of esters is 1. The van der Waals surface area contributed by atoms with E-state index in [-0.39, 0.29) is 17.5 Å². The number of fused-ring (bicyclic) bond motifs is 2. The zero-order valence-electron chi connectivity index (χ0n) is 21.8. The van der Waals surface area contributed by atoms with Crippen LogP contribution in [-0.2, 0) is 14.3 Å². The van der Waals surface area contributed by atoms with Crippen LogP contribution in [0.3, 0.4) is 0 Å². The van der Waals surface area contributed by atoms with Crippen LogP contribution in [-0.4, -0.2) is 23.1 Å². The molecule has 0 aliphatic heterocycles. The molecule has 5 rings (SSSR count). The molecule has 4 heteroatoms. The molecule has 4 nitrogen and oxygen atoms in total. The number of carboxylic acid groups (broad SMARTS) is 1. The zero-order chi connectivity index (χ0) is 24.0. The Balaban J connectivity index is 1.41. The van der Waals surface area contributed by atoms with E-state index in [2.05, 4.69) is 34.6 Å². The van der Waals surface area contributed by atoms with E-state index in [9.17, 15) is 14.7 Å². The van der Waals surface area contributed by atoms with Crippen LogP contribution >= 0.6 is 0 Å². The van der Waals surface area contributed by atoms with Gasteiger partial charge in [-0.3, -0.25) is 9.59 Å². The molecular weight excluding hydrogens is 412 g/mol. The van der Waals surface area contributed by atoms with Gasteiger partial charge in [0.05, 0.1) is 0 Å². The molecule has 0 aromatic carbocycles. The minimum Gasteiger partial charge on any atom is -0.481 e. The van der Waals surface area contributed by atoms with Crippen LogP contribution in [0.2, 0.25) is 0 Å². The molecule has 1 N–H and O–H groups in total. The van der Waals surface area contributed by atoms with Gasteiger partial charge in [-0.15, -0.1) is 0 Å². The molecule has 0 amide bonds. The van der Waals surface area contributed by atoms with Crippen molar-refractivity contribution in [1.29, 1.82) is 0 Å². The number of carbonyl (C=O) groups is 2. The molecule has 0 aromatic heterocycles. The van der Waals surface area contributed by atoms with Crippen molar-refractivity contribution in [1.82, 2.24) is 0 Å².